The Balaban J connectivity index is 1.11. The lowest BCUT2D eigenvalue weighted by Gasteiger charge is -2.30. The maximum absolute atomic E-state index is 5.02. The lowest BCUT2D eigenvalue weighted by Crippen LogP contribution is -2.25. The van der Waals surface area contributed by atoms with Crippen LogP contribution in [0.1, 0.15) is 23.7 Å². The molecule has 9 rings (SSSR count). The molecule has 0 fully saturated rings. The number of fused-ring (bicyclic) bond motifs is 3. The maximum Gasteiger partial charge on any atom is 0.164 e. The highest BCUT2D eigenvalue weighted by molar-refractivity contribution is 5.91. The molecule has 0 bridgehead atoms. The molecule has 1 aliphatic carbocycles. The third-order valence-electron chi connectivity index (χ3n) is 9.91. The van der Waals surface area contributed by atoms with Crippen LogP contribution in [0.2, 0.25) is 0 Å². The Hall–Kier alpha value is -6.39. The van der Waals surface area contributed by atoms with Gasteiger partial charge in [0.25, 0.3) is 0 Å². The SMILES string of the molecule is CC1(c2ccccc2)C=Cc2c(c3ccccc3n2-c2ccc(-c3nc(-c4ccccc4)nc(-c4ccc(-c5ccccc5)cc4)n3)cc2)C1. The van der Waals surface area contributed by atoms with Crippen LogP contribution >= 0.6 is 0 Å². The van der Waals surface area contributed by atoms with Gasteiger partial charge >= 0.3 is 0 Å². The first-order valence-electron chi connectivity index (χ1n) is 17.1. The minimum Gasteiger partial charge on any atom is -0.310 e. The number of rotatable bonds is 6. The molecule has 0 radical (unpaired) electrons. The Morgan fingerprint density at radius 2 is 0.940 bits per heavy atom. The summed E-state index contributed by atoms with van der Waals surface area (Å²) in [5.74, 6) is 1.94. The molecule has 2 aromatic heterocycles. The van der Waals surface area contributed by atoms with E-state index >= 15 is 0 Å². The maximum atomic E-state index is 5.02. The fourth-order valence-electron chi connectivity index (χ4n) is 7.22. The van der Waals surface area contributed by atoms with Gasteiger partial charge in [0.1, 0.15) is 0 Å². The molecule has 238 valence electrons. The van der Waals surface area contributed by atoms with E-state index in [9.17, 15) is 0 Å². The molecule has 1 atom stereocenters. The van der Waals surface area contributed by atoms with E-state index in [2.05, 4.69) is 151 Å². The number of hydrogen-bond donors (Lipinski definition) is 0. The molecule has 0 N–H and O–H groups in total. The van der Waals surface area contributed by atoms with Crippen LogP contribution in [0, 0.1) is 0 Å². The van der Waals surface area contributed by atoms with Gasteiger partial charge in [0, 0.05) is 38.9 Å². The fraction of sp³-hybridized carbons (Fsp3) is 0.0652. The molecular weight excluding hydrogens is 609 g/mol. The van der Waals surface area contributed by atoms with Crippen molar-refractivity contribution in [2.45, 2.75) is 18.8 Å². The van der Waals surface area contributed by atoms with Crippen LogP contribution in [0.4, 0.5) is 0 Å². The normalized spacial score (nSPS) is 15.2. The molecular formula is C46H34N4. The van der Waals surface area contributed by atoms with Crippen molar-refractivity contribution >= 4 is 17.0 Å². The molecule has 4 nitrogen and oxygen atoms in total. The number of allylic oxidation sites excluding steroid dienone is 1. The van der Waals surface area contributed by atoms with Gasteiger partial charge in [-0.3, -0.25) is 0 Å². The third kappa shape index (κ3) is 5.32. The highest BCUT2D eigenvalue weighted by Crippen LogP contribution is 2.41. The standard InChI is InChI=1S/C46H34N4/c1-46(37-17-9-4-10-18-37)30-29-42-40(31-46)39-19-11-12-20-41(39)50(42)38-27-25-36(26-28-38)45-48-43(34-15-7-3-8-16-34)47-44(49-45)35-23-21-33(22-24-35)32-13-5-2-6-14-32/h2-30H,31H2,1H3. The summed E-state index contributed by atoms with van der Waals surface area (Å²) in [6.45, 7) is 2.34. The predicted octanol–water partition coefficient (Wildman–Crippen LogP) is 11.0. The zero-order valence-corrected chi connectivity index (χ0v) is 27.7. The van der Waals surface area contributed by atoms with E-state index in [1.807, 2.05) is 36.4 Å². The van der Waals surface area contributed by atoms with Crippen molar-refractivity contribution in [1.29, 1.82) is 0 Å². The van der Waals surface area contributed by atoms with Crippen LogP contribution in [-0.2, 0) is 11.8 Å². The molecule has 0 amide bonds. The lowest BCUT2D eigenvalue weighted by molar-refractivity contribution is 0.588. The number of para-hydroxylation sites is 1. The van der Waals surface area contributed by atoms with Gasteiger partial charge in [-0.1, -0.05) is 146 Å². The van der Waals surface area contributed by atoms with E-state index in [-0.39, 0.29) is 5.41 Å². The van der Waals surface area contributed by atoms with Gasteiger partial charge in [-0.15, -0.1) is 0 Å². The van der Waals surface area contributed by atoms with E-state index in [0.717, 1.165) is 34.4 Å². The van der Waals surface area contributed by atoms with Crippen molar-refractivity contribution in [1.82, 2.24) is 19.5 Å². The minimum absolute atomic E-state index is 0.0677. The van der Waals surface area contributed by atoms with Gasteiger partial charge in [0.15, 0.2) is 17.5 Å². The Bertz CT molecular complexity index is 2480. The number of aromatic nitrogens is 4. The van der Waals surface area contributed by atoms with Crippen LogP contribution in [-0.4, -0.2) is 19.5 Å². The third-order valence-corrected chi connectivity index (χ3v) is 9.91. The smallest absolute Gasteiger partial charge is 0.164 e. The molecule has 50 heavy (non-hydrogen) atoms. The number of nitrogens with zero attached hydrogens (tertiary/aromatic N) is 4. The average Bonchev–Trinajstić information content (AvgIpc) is 3.52. The zero-order valence-electron chi connectivity index (χ0n) is 27.7. The molecule has 0 aliphatic heterocycles. The van der Waals surface area contributed by atoms with Crippen LogP contribution < -0.4 is 0 Å². The summed E-state index contributed by atoms with van der Waals surface area (Å²) in [4.78, 5) is 14.9. The highest BCUT2D eigenvalue weighted by Gasteiger charge is 2.31. The number of hydrogen-bond acceptors (Lipinski definition) is 3. The molecule has 0 saturated carbocycles. The van der Waals surface area contributed by atoms with Crippen molar-refractivity contribution in [3.63, 3.8) is 0 Å². The summed E-state index contributed by atoms with van der Waals surface area (Å²) in [5.41, 5.74) is 11.4. The van der Waals surface area contributed by atoms with E-state index in [4.69, 9.17) is 15.0 Å². The summed E-state index contributed by atoms with van der Waals surface area (Å²) in [6, 6.07) is 57.2. The summed E-state index contributed by atoms with van der Waals surface area (Å²) >= 11 is 0. The largest absolute Gasteiger partial charge is 0.310 e. The predicted molar refractivity (Wildman–Crippen MR) is 205 cm³/mol. The topological polar surface area (TPSA) is 43.6 Å². The quantitative estimate of drug-likeness (QED) is 0.181. The van der Waals surface area contributed by atoms with Crippen LogP contribution in [0.5, 0.6) is 0 Å². The van der Waals surface area contributed by atoms with Crippen LogP contribution in [0.15, 0.2) is 170 Å². The fourth-order valence-corrected chi connectivity index (χ4v) is 7.22. The lowest BCUT2D eigenvalue weighted by atomic mass is 9.74. The Kier molecular flexibility index (Phi) is 7.28. The summed E-state index contributed by atoms with van der Waals surface area (Å²) in [6.07, 6.45) is 5.63. The van der Waals surface area contributed by atoms with Gasteiger partial charge in [0.05, 0.1) is 5.52 Å². The van der Waals surface area contributed by atoms with E-state index < -0.39 is 0 Å². The molecule has 0 saturated heterocycles. The Morgan fingerprint density at radius 3 is 1.56 bits per heavy atom. The molecule has 0 spiro atoms. The van der Waals surface area contributed by atoms with E-state index in [0.29, 0.717) is 17.5 Å². The van der Waals surface area contributed by atoms with Crippen molar-refractivity contribution in [2.75, 3.05) is 0 Å². The van der Waals surface area contributed by atoms with Gasteiger partial charge in [0.2, 0.25) is 0 Å². The van der Waals surface area contributed by atoms with Crippen molar-refractivity contribution < 1.29 is 0 Å². The highest BCUT2D eigenvalue weighted by atomic mass is 15.0. The van der Waals surface area contributed by atoms with Crippen LogP contribution in [0.25, 0.3) is 68.0 Å². The Morgan fingerprint density at radius 1 is 0.480 bits per heavy atom. The van der Waals surface area contributed by atoms with Gasteiger partial charge in [-0.2, -0.15) is 0 Å². The molecule has 1 unspecified atom stereocenters. The molecule has 2 heterocycles. The zero-order chi connectivity index (χ0) is 33.5. The van der Waals surface area contributed by atoms with E-state index in [1.165, 1.54) is 33.3 Å². The summed E-state index contributed by atoms with van der Waals surface area (Å²) in [5, 5.41) is 1.30. The van der Waals surface area contributed by atoms with Crippen molar-refractivity contribution in [3.05, 3.63) is 187 Å². The second-order valence-electron chi connectivity index (χ2n) is 13.2. The first-order chi connectivity index (χ1) is 24.6. The Labute approximate surface area is 292 Å². The monoisotopic (exact) mass is 642 g/mol. The minimum atomic E-state index is -0.0677. The second kappa shape index (κ2) is 12.2. The molecule has 8 aromatic rings. The van der Waals surface area contributed by atoms with Gasteiger partial charge < -0.3 is 4.57 Å². The molecule has 1 aliphatic rings. The summed E-state index contributed by atoms with van der Waals surface area (Å²) in [7, 11) is 0. The molecule has 4 heteroatoms. The first-order valence-corrected chi connectivity index (χ1v) is 17.1. The van der Waals surface area contributed by atoms with E-state index in [1.54, 1.807) is 0 Å². The van der Waals surface area contributed by atoms with Crippen molar-refractivity contribution in [2.24, 2.45) is 0 Å². The van der Waals surface area contributed by atoms with Gasteiger partial charge in [-0.05, 0) is 65.1 Å². The number of benzene rings is 6. The first kappa shape index (κ1) is 29.7. The van der Waals surface area contributed by atoms with Crippen LogP contribution in [0.3, 0.4) is 0 Å². The second-order valence-corrected chi connectivity index (χ2v) is 13.2. The van der Waals surface area contributed by atoms with Crippen molar-refractivity contribution in [3.8, 4) is 51.0 Å². The summed E-state index contributed by atoms with van der Waals surface area (Å²) < 4.78 is 2.39. The average molecular weight is 643 g/mol. The van der Waals surface area contributed by atoms with Gasteiger partial charge in [-0.25, -0.2) is 15.0 Å². The molecule has 6 aromatic carbocycles.